The molecule has 2 aliphatic rings. The summed E-state index contributed by atoms with van der Waals surface area (Å²) in [5.74, 6) is -0.578. The minimum atomic E-state index is -0.863. The van der Waals surface area contributed by atoms with Gasteiger partial charge in [0.25, 0.3) is 5.91 Å². The zero-order chi connectivity index (χ0) is 15.9. The van der Waals surface area contributed by atoms with E-state index in [2.05, 4.69) is 10.6 Å². The molecule has 1 saturated heterocycles. The van der Waals surface area contributed by atoms with E-state index in [1.807, 2.05) is 0 Å². The van der Waals surface area contributed by atoms with Crippen LogP contribution in [0.3, 0.4) is 0 Å². The fourth-order valence-corrected chi connectivity index (χ4v) is 2.80. The number of nitrogens with one attached hydrogen (secondary N) is 2. The Kier molecular flexibility index (Phi) is 3.56. The molecule has 2 N–H and O–H groups in total. The smallest absolute Gasteiger partial charge is 0.325 e. The fourth-order valence-electron chi connectivity index (χ4n) is 2.67. The van der Waals surface area contributed by atoms with E-state index in [1.165, 1.54) is 0 Å². The van der Waals surface area contributed by atoms with Gasteiger partial charge in [-0.3, -0.25) is 14.5 Å². The van der Waals surface area contributed by atoms with Crippen molar-refractivity contribution in [2.45, 2.75) is 25.3 Å². The lowest BCUT2D eigenvalue weighted by atomic mass is 9.96. The van der Waals surface area contributed by atoms with Crippen LogP contribution in [0.25, 0.3) is 0 Å². The highest BCUT2D eigenvalue weighted by Gasteiger charge is 2.56. The molecule has 1 atom stereocenters. The molecule has 6 nitrogen and oxygen atoms in total. The van der Waals surface area contributed by atoms with Gasteiger partial charge in [-0.1, -0.05) is 11.6 Å². The third kappa shape index (κ3) is 2.66. The zero-order valence-electron chi connectivity index (χ0n) is 12.1. The van der Waals surface area contributed by atoms with Gasteiger partial charge in [0, 0.05) is 10.7 Å². The number of benzene rings is 1. The first-order valence-corrected chi connectivity index (χ1v) is 7.47. The molecule has 7 heteroatoms. The number of rotatable bonds is 4. The number of hydrogen-bond donors (Lipinski definition) is 2. The van der Waals surface area contributed by atoms with Gasteiger partial charge in [-0.25, -0.2) is 4.79 Å². The second-order valence-corrected chi connectivity index (χ2v) is 6.29. The second kappa shape index (κ2) is 5.28. The average molecular weight is 322 g/mol. The number of amides is 4. The Balaban J connectivity index is 1.65. The van der Waals surface area contributed by atoms with Crippen LogP contribution in [-0.2, 0) is 9.59 Å². The molecule has 1 aromatic carbocycles. The highest BCUT2D eigenvalue weighted by atomic mass is 35.5. The van der Waals surface area contributed by atoms with Crippen molar-refractivity contribution in [2.75, 3.05) is 11.9 Å². The van der Waals surface area contributed by atoms with E-state index in [9.17, 15) is 14.4 Å². The van der Waals surface area contributed by atoms with Crippen molar-refractivity contribution < 1.29 is 14.4 Å². The summed E-state index contributed by atoms with van der Waals surface area (Å²) >= 11 is 5.77. The summed E-state index contributed by atoms with van der Waals surface area (Å²) in [7, 11) is 0. The number of urea groups is 1. The summed E-state index contributed by atoms with van der Waals surface area (Å²) in [4.78, 5) is 37.4. The van der Waals surface area contributed by atoms with E-state index >= 15 is 0 Å². The summed E-state index contributed by atoms with van der Waals surface area (Å²) in [6.45, 7) is 1.43. The lowest BCUT2D eigenvalue weighted by Gasteiger charge is -2.20. The highest BCUT2D eigenvalue weighted by molar-refractivity contribution is 6.30. The largest absolute Gasteiger partial charge is 0.325 e. The molecular weight excluding hydrogens is 306 g/mol. The molecule has 0 radical (unpaired) electrons. The van der Waals surface area contributed by atoms with E-state index in [-0.39, 0.29) is 18.4 Å². The van der Waals surface area contributed by atoms with Crippen molar-refractivity contribution in [3.8, 4) is 0 Å². The molecule has 0 unspecified atom stereocenters. The molecule has 4 amide bonds. The molecule has 0 aromatic heterocycles. The fraction of sp³-hybridized carbons (Fsp3) is 0.400. The van der Waals surface area contributed by atoms with Crippen LogP contribution < -0.4 is 10.6 Å². The zero-order valence-corrected chi connectivity index (χ0v) is 12.8. The van der Waals surface area contributed by atoms with Gasteiger partial charge < -0.3 is 10.6 Å². The topological polar surface area (TPSA) is 78.5 Å². The number of anilines is 1. The molecule has 0 spiro atoms. The molecule has 22 heavy (non-hydrogen) atoms. The third-order valence-electron chi connectivity index (χ3n) is 4.12. The molecule has 2 fully saturated rings. The first-order valence-electron chi connectivity index (χ1n) is 7.09. The van der Waals surface area contributed by atoms with E-state index in [1.54, 1.807) is 31.2 Å². The quantitative estimate of drug-likeness (QED) is 0.833. The molecule has 3 rings (SSSR count). The summed E-state index contributed by atoms with van der Waals surface area (Å²) in [6, 6.07) is 6.09. The number of carbonyl (C=O) groups is 3. The van der Waals surface area contributed by atoms with E-state index in [4.69, 9.17) is 11.6 Å². The summed E-state index contributed by atoms with van der Waals surface area (Å²) in [5, 5.41) is 5.91. The Hall–Kier alpha value is -2.08. The number of halogens is 1. The lowest BCUT2D eigenvalue weighted by molar-refractivity contribution is -0.134. The first kappa shape index (κ1) is 14.8. The Morgan fingerprint density at radius 1 is 1.36 bits per heavy atom. The van der Waals surface area contributed by atoms with Gasteiger partial charge in [0.15, 0.2) is 0 Å². The van der Waals surface area contributed by atoms with Crippen molar-refractivity contribution in [3.63, 3.8) is 0 Å². The molecule has 1 aliphatic carbocycles. The van der Waals surface area contributed by atoms with Gasteiger partial charge >= 0.3 is 6.03 Å². The van der Waals surface area contributed by atoms with Crippen LogP contribution in [0.2, 0.25) is 5.02 Å². The van der Waals surface area contributed by atoms with Gasteiger partial charge in [-0.2, -0.15) is 0 Å². The normalized spacial score (nSPS) is 24.4. The van der Waals surface area contributed by atoms with Gasteiger partial charge in [0.1, 0.15) is 12.1 Å². The monoisotopic (exact) mass is 321 g/mol. The molecule has 0 bridgehead atoms. The minimum Gasteiger partial charge on any atom is -0.325 e. The van der Waals surface area contributed by atoms with Gasteiger partial charge in [0.05, 0.1) is 0 Å². The van der Waals surface area contributed by atoms with Gasteiger partial charge in [0.2, 0.25) is 5.91 Å². The Morgan fingerprint density at radius 2 is 2.00 bits per heavy atom. The predicted molar refractivity (Wildman–Crippen MR) is 81.5 cm³/mol. The van der Waals surface area contributed by atoms with E-state index < -0.39 is 17.5 Å². The van der Waals surface area contributed by atoms with E-state index in [0.717, 1.165) is 17.7 Å². The predicted octanol–water partition coefficient (Wildman–Crippen LogP) is 2.00. The summed E-state index contributed by atoms with van der Waals surface area (Å²) in [5.41, 5.74) is -0.302. The first-order chi connectivity index (χ1) is 10.4. The van der Waals surface area contributed by atoms with E-state index in [0.29, 0.717) is 10.7 Å². The number of hydrogen-bond acceptors (Lipinski definition) is 3. The maximum absolute atomic E-state index is 12.4. The van der Waals surface area contributed by atoms with Crippen molar-refractivity contribution in [2.24, 2.45) is 5.92 Å². The molecule has 1 aliphatic heterocycles. The summed E-state index contributed by atoms with van der Waals surface area (Å²) < 4.78 is 0. The van der Waals surface area contributed by atoms with Gasteiger partial charge in [-0.15, -0.1) is 0 Å². The molecule has 1 aromatic rings. The maximum atomic E-state index is 12.4. The van der Waals surface area contributed by atoms with Gasteiger partial charge in [-0.05, 0) is 49.9 Å². The molecule has 1 saturated carbocycles. The maximum Gasteiger partial charge on any atom is 0.325 e. The Bertz CT molecular complexity index is 642. The molecule has 116 valence electrons. The van der Waals surface area contributed by atoms with Crippen LogP contribution in [-0.4, -0.2) is 34.8 Å². The standard InChI is InChI=1S/C15H16ClN3O3/c1-15(9-2-3-9)13(21)19(14(22)18-15)8-12(20)17-11-6-4-10(16)5-7-11/h4-7,9H,2-3,8H2,1H3,(H,17,20)(H,18,22)/t15-/m1/s1. The summed E-state index contributed by atoms with van der Waals surface area (Å²) in [6.07, 6.45) is 1.85. The van der Waals surface area contributed by atoms with Crippen LogP contribution in [0.5, 0.6) is 0 Å². The number of nitrogens with zero attached hydrogens (tertiary/aromatic N) is 1. The van der Waals surface area contributed by atoms with Crippen LogP contribution in [0.15, 0.2) is 24.3 Å². The Morgan fingerprint density at radius 3 is 2.59 bits per heavy atom. The number of carbonyl (C=O) groups excluding carboxylic acids is 3. The average Bonchev–Trinajstić information content (AvgIpc) is 3.28. The second-order valence-electron chi connectivity index (χ2n) is 5.85. The SMILES string of the molecule is C[C@]1(C2CC2)NC(=O)N(CC(=O)Nc2ccc(Cl)cc2)C1=O. The highest BCUT2D eigenvalue weighted by Crippen LogP contribution is 2.42. The lowest BCUT2D eigenvalue weighted by Crippen LogP contribution is -2.46. The Labute approximate surface area is 132 Å². The minimum absolute atomic E-state index is 0.174. The molecular formula is C15H16ClN3O3. The van der Waals surface area contributed by atoms with Crippen molar-refractivity contribution in [1.82, 2.24) is 10.2 Å². The van der Waals surface area contributed by atoms with Crippen LogP contribution >= 0.6 is 11.6 Å². The van der Waals surface area contributed by atoms with Crippen molar-refractivity contribution in [1.29, 1.82) is 0 Å². The van der Waals surface area contributed by atoms with Crippen molar-refractivity contribution >= 4 is 35.1 Å². The van der Waals surface area contributed by atoms with Crippen LogP contribution in [0, 0.1) is 5.92 Å². The molecule has 1 heterocycles. The third-order valence-corrected chi connectivity index (χ3v) is 4.38. The number of imide groups is 1. The van der Waals surface area contributed by atoms with Crippen molar-refractivity contribution in [3.05, 3.63) is 29.3 Å². The van der Waals surface area contributed by atoms with Crippen LogP contribution in [0.1, 0.15) is 19.8 Å². The van der Waals surface area contributed by atoms with Crippen LogP contribution in [0.4, 0.5) is 10.5 Å².